The van der Waals surface area contributed by atoms with Crippen LogP contribution in [0.1, 0.15) is 15.9 Å². The van der Waals surface area contributed by atoms with Gasteiger partial charge in [0.25, 0.3) is 5.91 Å². The van der Waals surface area contributed by atoms with Crippen LogP contribution in [0.3, 0.4) is 0 Å². The molecular weight excluding hydrogens is 378 g/mol. The third-order valence-corrected chi connectivity index (χ3v) is 5.14. The molecule has 0 bridgehead atoms. The molecule has 2 amide bonds. The number of nitrogen functional groups attached to an aromatic ring is 1. The van der Waals surface area contributed by atoms with Gasteiger partial charge in [0.2, 0.25) is 0 Å². The van der Waals surface area contributed by atoms with Crippen LogP contribution in [0, 0.1) is 0 Å². The average molecular weight is 401 g/mol. The minimum Gasteiger partial charge on any atom is -0.447 e. The highest BCUT2D eigenvalue weighted by Gasteiger charge is 2.33. The van der Waals surface area contributed by atoms with Crippen LogP contribution in [0.2, 0.25) is 0 Å². The molecule has 0 spiro atoms. The molecule has 0 radical (unpaired) electrons. The van der Waals surface area contributed by atoms with Gasteiger partial charge in [-0.25, -0.2) is 4.79 Å². The normalized spacial score (nSPS) is 15.7. The van der Waals surface area contributed by atoms with Gasteiger partial charge in [0.15, 0.2) is 0 Å². The Bertz CT molecular complexity index is 1040. The molecule has 1 aliphatic rings. The summed E-state index contributed by atoms with van der Waals surface area (Å²) in [6.07, 6.45) is -0.370. The highest BCUT2D eigenvalue weighted by Crippen LogP contribution is 2.21. The van der Waals surface area contributed by atoms with Crippen molar-refractivity contribution in [2.75, 3.05) is 18.9 Å². The van der Waals surface area contributed by atoms with Gasteiger partial charge >= 0.3 is 6.09 Å². The van der Waals surface area contributed by atoms with Crippen LogP contribution in [0.4, 0.5) is 10.5 Å². The molecule has 6 nitrogen and oxygen atoms in total. The quantitative estimate of drug-likeness (QED) is 0.617. The molecule has 3 aromatic rings. The van der Waals surface area contributed by atoms with E-state index in [9.17, 15) is 9.59 Å². The number of anilines is 1. The van der Waals surface area contributed by atoms with E-state index in [0.29, 0.717) is 24.3 Å². The van der Waals surface area contributed by atoms with Crippen LogP contribution >= 0.6 is 0 Å². The summed E-state index contributed by atoms with van der Waals surface area (Å²) in [6.45, 7) is 0.979. The summed E-state index contributed by atoms with van der Waals surface area (Å²) >= 11 is 0. The Hall–Kier alpha value is -3.80. The maximum Gasteiger partial charge on any atom is 0.410 e. The minimum absolute atomic E-state index is 0.226. The molecule has 3 N–H and O–H groups in total. The summed E-state index contributed by atoms with van der Waals surface area (Å²) in [5, 5.41) is 2.87. The zero-order chi connectivity index (χ0) is 20.9. The lowest BCUT2D eigenvalue weighted by Gasteiger charge is -2.22. The molecule has 1 aliphatic heterocycles. The third kappa shape index (κ3) is 4.43. The molecule has 6 heteroatoms. The summed E-state index contributed by atoms with van der Waals surface area (Å²) in [5.41, 5.74) is 10.0. The van der Waals surface area contributed by atoms with Gasteiger partial charge in [-0.1, -0.05) is 60.7 Å². The molecule has 152 valence electrons. The van der Waals surface area contributed by atoms with E-state index in [1.165, 1.54) is 0 Å². The SMILES string of the molecule is Nc1cccc(C(=O)NCC2COC(=O)N2Cc2ccc(-c3ccccc3)cc2)c1. The molecule has 30 heavy (non-hydrogen) atoms. The van der Waals surface area contributed by atoms with Crippen molar-refractivity contribution in [3.63, 3.8) is 0 Å². The number of carbonyl (C=O) groups excluding carboxylic acids is 2. The number of rotatable bonds is 6. The fraction of sp³-hybridized carbons (Fsp3) is 0.167. The van der Waals surface area contributed by atoms with Crippen LogP contribution in [0.25, 0.3) is 11.1 Å². The molecule has 1 saturated heterocycles. The maximum atomic E-state index is 12.4. The van der Waals surface area contributed by atoms with Gasteiger partial charge in [0, 0.05) is 24.3 Å². The van der Waals surface area contributed by atoms with E-state index >= 15 is 0 Å². The van der Waals surface area contributed by atoms with Crippen LogP contribution in [-0.4, -0.2) is 36.1 Å². The number of hydrogen-bond donors (Lipinski definition) is 2. The lowest BCUT2D eigenvalue weighted by Crippen LogP contribution is -2.42. The molecule has 0 aliphatic carbocycles. The van der Waals surface area contributed by atoms with Crippen LogP contribution in [0.5, 0.6) is 0 Å². The first-order valence-electron chi connectivity index (χ1n) is 9.81. The third-order valence-electron chi connectivity index (χ3n) is 5.14. The summed E-state index contributed by atoms with van der Waals surface area (Å²) in [5.74, 6) is -0.228. The van der Waals surface area contributed by atoms with Crippen molar-refractivity contribution < 1.29 is 14.3 Å². The molecule has 3 aromatic carbocycles. The molecule has 1 heterocycles. The number of benzene rings is 3. The Morgan fingerprint density at radius 2 is 1.73 bits per heavy atom. The Balaban J connectivity index is 1.39. The fourth-order valence-electron chi connectivity index (χ4n) is 3.47. The fourth-order valence-corrected chi connectivity index (χ4v) is 3.47. The number of ether oxygens (including phenoxy) is 1. The number of nitrogens with zero attached hydrogens (tertiary/aromatic N) is 1. The second kappa shape index (κ2) is 8.69. The summed E-state index contributed by atoms with van der Waals surface area (Å²) in [7, 11) is 0. The Morgan fingerprint density at radius 1 is 1.00 bits per heavy atom. The summed E-state index contributed by atoms with van der Waals surface area (Å²) < 4.78 is 5.22. The molecule has 0 aromatic heterocycles. The second-order valence-corrected chi connectivity index (χ2v) is 7.26. The van der Waals surface area contributed by atoms with Crippen molar-refractivity contribution in [3.05, 3.63) is 90.0 Å². The predicted molar refractivity (Wildman–Crippen MR) is 116 cm³/mol. The lowest BCUT2D eigenvalue weighted by atomic mass is 10.0. The number of nitrogens with one attached hydrogen (secondary N) is 1. The smallest absolute Gasteiger partial charge is 0.410 e. The van der Waals surface area contributed by atoms with Crippen molar-refractivity contribution in [2.45, 2.75) is 12.6 Å². The topological polar surface area (TPSA) is 84.7 Å². The number of hydrogen-bond acceptors (Lipinski definition) is 4. The van der Waals surface area contributed by atoms with Crippen LogP contribution in [0.15, 0.2) is 78.9 Å². The Kier molecular flexibility index (Phi) is 5.66. The van der Waals surface area contributed by atoms with E-state index in [0.717, 1.165) is 16.7 Å². The first-order valence-corrected chi connectivity index (χ1v) is 9.81. The van der Waals surface area contributed by atoms with Gasteiger partial charge in [-0.3, -0.25) is 9.69 Å². The molecule has 1 fully saturated rings. The molecule has 1 atom stereocenters. The molecule has 4 rings (SSSR count). The van der Waals surface area contributed by atoms with Gasteiger partial charge in [-0.2, -0.15) is 0 Å². The number of amides is 2. The monoisotopic (exact) mass is 401 g/mol. The van der Waals surface area contributed by atoms with Gasteiger partial charge < -0.3 is 15.8 Å². The average Bonchev–Trinajstić information content (AvgIpc) is 3.12. The van der Waals surface area contributed by atoms with Gasteiger partial charge in [-0.05, 0) is 34.9 Å². The minimum atomic E-state index is -0.370. The Labute approximate surface area is 175 Å². The van der Waals surface area contributed by atoms with E-state index in [4.69, 9.17) is 10.5 Å². The van der Waals surface area contributed by atoms with Gasteiger partial charge in [-0.15, -0.1) is 0 Å². The van der Waals surface area contributed by atoms with Crippen molar-refractivity contribution >= 4 is 17.7 Å². The highest BCUT2D eigenvalue weighted by molar-refractivity contribution is 5.95. The zero-order valence-corrected chi connectivity index (χ0v) is 16.5. The molecule has 1 unspecified atom stereocenters. The van der Waals surface area contributed by atoms with E-state index in [2.05, 4.69) is 17.4 Å². The summed E-state index contributed by atoms with van der Waals surface area (Å²) in [4.78, 5) is 26.2. The van der Waals surface area contributed by atoms with E-state index in [-0.39, 0.29) is 24.6 Å². The van der Waals surface area contributed by atoms with E-state index in [1.807, 2.05) is 42.5 Å². The van der Waals surface area contributed by atoms with Crippen molar-refractivity contribution in [1.82, 2.24) is 10.2 Å². The molecular formula is C24H23N3O3. The van der Waals surface area contributed by atoms with Crippen LogP contribution < -0.4 is 11.1 Å². The van der Waals surface area contributed by atoms with Crippen molar-refractivity contribution in [1.29, 1.82) is 0 Å². The summed E-state index contributed by atoms with van der Waals surface area (Å²) in [6, 6.07) is 24.8. The molecule has 0 saturated carbocycles. The first-order chi connectivity index (χ1) is 14.6. The first kappa shape index (κ1) is 19.5. The Morgan fingerprint density at radius 3 is 2.47 bits per heavy atom. The highest BCUT2D eigenvalue weighted by atomic mass is 16.6. The van der Waals surface area contributed by atoms with E-state index < -0.39 is 0 Å². The van der Waals surface area contributed by atoms with Gasteiger partial charge in [0.1, 0.15) is 6.61 Å². The largest absolute Gasteiger partial charge is 0.447 e. The second-order valence-electron chi connectivity index (χ2n) is 7.26. The maximum absolute atomic E-state index is 12.4. The van der Waals surface area contributed by atoms with Crippen molar-refractivity contribution in [2.24, 2.45) is 0 Å². The van der Waals surface area contributed by atoms with E-state index in [1.54, 1.807) is 29.2 Å². The predicted octanol–water partition coefficient (Wildman–Crippen LogP) is 3.69. The lowest BCUT2D eigenvalue weighted by molar-refractivity contribution is 0.0942. The number of carbonyl (C=O) groups is 2. The van der Waals surface area contributed by atoms with Crippen molar-refractivity contribution in [3.8, 4) is 11.1 Å². The van der Waals surface area contributed by atoms with Crippen LogP contribution in [-0.2, 0) is 11.3 Å². The zero-order valence-electron chi connectivity index (χ0n) is 16.5. The number of cyclic esters (lactones) is 1. The standard InChI is InChI=1S/C24H23N3O3/c25-21-8-4-7-20(13-21)23(28)26-14-22-16-30-24(29)27(22)15-17-9-11-19(12-10-17)18-5-2-1-3-6-18/h1-13,22H,14-16,25H2,(H,26,28). The number of nitrogens with two attached hydrogens (primary N) is 1. The van der Waals surface area contributed by atoms with Gasteiger partial charge in [0.05, 0.1) is 6.04 Å².